The van der Waals surface area contributed by atoms with E-state index in [4.69, 9.17) is 0 Å². The Bertz CT molecular complexity index is 186. The van der Waals surface area contributed by atoms with Crippen molar-refractivity contribution in [1.29, 1.82) is 0 Å². The highest BCUT2D eigenvalue weighted by Gasteiger charge is 2.18. The Hall–Kier alpha value is -0.120. The van der Waals surface area contributed by atoms with Crippen LogP contribution in [0, 0.1) is 5.92 Å². The van der Waals surface area contributed by atoms with Crippen LogP contribution in [0.1, 0.15) is 39.0 Å². The summed E-state index contributed by atoms with van der Waals surface area (Å²) in [5.41, 5.74) is 0. The monoisotopic (exact) mass is 255 g/mol. The molecule has 1 saturated heterocycles. The summed E-state index contributed by atoms with van der Waals surface area (Å²) < 4.78 is 0. The molecule has 0 unspecified atom stereocenters. The molecular weight excluding hydrogens is 222 g/mol. The Morgan fingerprint density at radius 3 is 2.44 bits per heavy atom. The highest BCUT2D eigenvalue weighted by molar-refractivity contribution is 4.74. The number of hydrogen-bond donors (Lipinski definition) is 1. The predicted molar refractivity (Wildman–Crippen MR) is 80.1 cm³/mol. The lowest BCUT2D eigenvalue weighted by atomic mass is 9.96. The van der Waals surface area contributed by atoms with Gasteiger partial charge in [0.15, 0.2) is 0 Å². The minimum atomic E-state index is 0.925. The molecule has 0 bridgehead atoms. The van der Waals surface area contributed by atoms with E-state index >= 15 is 0 Å². The van der Waals surface area contributed by atoms with Crippen LogP contribution in [-0.2, 0) is 0 Å². The molecule has 3 heteroatoms. The summed E-state index contributed by atoms with van der Waals surface area (Å²) in [5.74, 6) is 0.925. The fourth-order valence-corrected chi connectivity index (χ4v) is 2.77. The molecular formula is C15H33N3. The van der Waals surface area contributed by atoms with Crippen molar-refractivity contribution < 1.29 is 0 Å². The van der Waals surface area contributed by atoms with Gasteiger partial charge in [-0.2, -0.15) is 0 Å². The first kappa shape index (κ1) is 15.9. The molecule has 1 fully saturated rings. The number of hydrogen-bond acceptors (Lipinski definition) is 3. The largest absolute Gasteiger partial charge is 0.315 e. The molecule has 0 spiro atoms. The Morgan fingerprint density at radius 2 is 1.83 bits per heavy atom. The lowest BCUT2D eigenvalue weighted by molar-refractivity contribution is 0.163. The molecule has 3 nitrogen and oxygen atoms in total. The van der Waals surface area contributed by atoms with Gasteiger partial charge < -0.3 is 15.1 Å². The van der Waals surface area contributed by atoms with Gasteiger partial charge >= 0.3 is 0 Å². The highest BCUT2D eigenvalue weighted by atomic mass is 15.1. The van der Waals surface area contributed by atoms with Crippen LogP contribution in [0.3, 0.4) is 0 Å². The standard InChI is InChI=1S/C15H33N3/c1-4-5-6-9-16-10-13-18-11-7-15(8-12-18)14-17(2)3/h15-16H,4-14H2,1-3H3. The maximum Gasteiger partial charge on any atom is 0.0107 e. The van der Waals surface area contributed by atoms with Crippen LogP contribution in [-0.4, -0.2) is 63.2 Å². The van der Waals surface area contributed by atoms with Crippen molar-refractivity contribution in [3.05, 3.63) is 0 Å². The van der Waals surface area contributed by atoms with Crippen LogP contribution in [0.2, 0.25) is 0 Å². The van der Waals surface area contributed by atoms with Crippen molar-refractivity contribution in [3.63, 3.8) is 0 Å². The zero-order valence-electron chi connectivity index (χ0n) is 12.7. The molecule has 0 aromatic carbocycles. The fraction of sp³-hybridized carbons (Fsp3) is 1.00. The topological polar surface area (TPSA) is 18.5 Å². The minimum absolute atomic E-state index is 0.925. The van der Waals surface area contributed by atoms with Gasteiger partial charge in [-0.25, -0.2) is 0 Å². The summed E-state index contributed by atoms with van der Waals surface area (Å²) >= 11 is 0. The van der Waals surface area contributed by atoms with E-state index in [1.807, 2.05) is 0 Å². The Kier molecular flexibility index (Phi) is 8.64. The predicted octanol–water partition coefficient (Wildman–Crippen LogP) is 2.04. The summed E-state index contributed by atoms with van der Waals surface area (Å²) in [5, 5.41) is 3.56. The van der Waals surface area contributed by atoms with Gasteiger partial charge in [0.2, 0.25) is 0 Å². The maximum atomic E-state index is 3.56. The number of rotatable bonds is 9. The van der Waals surface area contributed by atoms with E-state index in [0.717, 1.165) is 5.92 Å². The first-order chi connectivity index (χ1) is 8.72. The minimum Gasteiger partial charge on any atom is -0.315 e. The zero-order valence-corrected chi connectivity index (χ0v) is 12.7. The molecule has 0 aromatic heterocycles. The second-order valence-corrected chi connectivity index (χ2v) is 6.00. The third kappa shape index (κ3) is 7.34. The second kappa shape index (κ2) is 9.76. The smallest absolute Gasteiger partial charge is 0.0107 e. The lowest BCUT2D eigenvalue weighted by Crippen LogP contribution is -2.40. The van der Waals surface area contributed by atoms with Crippen molar-refractivity contribution in [1.82, 2.24) is 15.1 Å². The fourth-order valence-electron chi connectivity index (χ4n) is 2.77. The van der Waals surface area contributed by atoms with Gasteiger partial charge in [-0.15, -0.1) is 0 Å². The van der Waals surface area contributed by atoms with Gasteiger partial charge in [-0.05, 0) is 58.9 Å². The average molecular weight is 255 g/mol. The molecule has 1 rings (SSSR count). The maximum absolute atomic E-state index is 3.56. The molecule has 0 atom stereocenters. The van der Waals surface area contributed by atoms with E-state index in [0.29, 0.717) is 0 Å². The van der Waals surface area contributed by atoms with E-state index in [1.54, 1.807) is 0 Å². The van der Waals surface area contributed by atoms with Crippen molar-refractivity contribution in [3.8, 4) is 0 Å². The molecule has 0 aromatic rings. The molecule has 0 saturated carbocycles. The summed E-state index contributed by atoms with van der Waals surface area (Å²) in [6.07, 6.45) is 6.79. The Labute approximate surface area is 114 Å². The Morgan fingerprint density at radius 1 is 1.11 bits per heavy atom. The van der Waals surface area contributed by atoms with Crippen LogP contribution in [0.25, 0.3) is 0 Å². The molecule has 108 valence electrons. The number of piperidine rings is 1. The van der Waals surface area contributed by atoms with Crippen molar-refractivity contribution in [2.45, 2.75) is 39.0 Å². The first-order valence-corrected chi connectivity index (χ1v) is 7.80. The van der Waals surface area contributed by atoms with Crippen molar-refractivity contribution >= 4 is 0 Å². The first-order valence-electron chi connectivity index (χ1n) is 7.80. The molecule has 18 heavy (non-hydrogen) atoms. The van der Waals surface area contributed by atoms with E-state index in [1.165, 1.54) is 71.4 Å². The molecule has 1 N–H and O–H groups in total. The van der Waals surface area contributed by atoms with Gasteiger partial charge in [-0.1, -0.05) is 19.8 Å². The van der Waals surface area contributed by atoms with E-state index < -0.39 is 0 Å². The van der Waals surface area contributed by atoms with Gasteiger partial charge in [0.25, 0.3) is 0 Å². The van der Waals surface area contributed by atoms with Crippen LogP contribution in [0.15, 0.2) is 0 Å². The van der Waals surface area contributed by atoms with Gasteiger partial charge in [0.05, 0.1) is 0 Å². The molecule has 1 aliphatic rings. The summed E-state index contributed by atoms with van der Waals surface area (Å²) in [6, 6.07) is 0. The Balaban J connectivity index is 1.95. The molecule has 0 amide bonds. The third-order valence-electron chi connectivity index (χ3n) is 3.89. The molecule has 1 aliphatic heterocycles. The third-order valence-corrected chi connectivity index (χ3v) is 3.89. The van der Waals surface area contributed by atoms with Crippen molar-refractivity contribution in [2.24, 2.45) is 5.92 Å². The van der Waals surface area contributed by atoms with Crippen LogP contribution >= 0.6 is 0 Å². The summed E-state index contributed by atoms with van der Waals surface area (Å²) in [7, 11) is 4.37. The molecule has 0 aliphatic carbocycles. The molecule has 1 heterocycles. The zero-order chi connectivity index (χ0) is 13.2. The number of nitrogens with zero attached hydrogens (tertiary/aromatic N) is 2. The number of likely N-dealkylation sites (tertiary alicyclic amines) is 1. The summed E-state index contributed by atoms with van der Waals surface area (Å²) in [4.78, 5) is 4.95. The van der Waals surface area contributed by atoms with Gasteiger partial charge in [0, 0.05) is 19.6 Å². The normalized spacial score (nSPS) is 18.7. The van der Waals surface area contributed by atoms with Crippen LogP contribution in [0.5, 0.6) is 0 Å². The second-order valence-electron chi connectivity index (χ2n) is 6.00. The highest BCUT2D eigenvalue weighted by Crippen LogP contribution is 2.17. The molecule has 0 radical (unpaired) electrons. The van der Waals surface area contributed by atoms with Gasteiger partial charge in [-0.3, -0.25) is 0 Å². The van der Waals surface area contributed by atoms with E-state index in [2.05, 4.69) is 36.1 Å². The average Bonchev–Trinajstić information content (AvgIpc) is 2.35. The SMILES string of the molecule is CCCCCNCCN1CCC(CN(C)C)CC1. The lowest BCUT2D eigenvalue weighted by Gasteiger charge is -2.33. The quantitative estimate of drug-likeness (QED) is 0.636. The van der Waals surface area contributed by atoms with Crippen molar-refractivity contribution in [2.75, 3.05) is 53.4 Å². The van der Waals surface area contributed by atoms with Crippen LogP contribution < -0.4 is 5.32 Å². The van der Waals surface area contributed by atoms with E-state index in [9.17, 15) is 0 Å². The number of nitrogens with one attached hydrogen (secondary N) is 1. The summed E-state index contributed by atoms with van der Waals surface area (Å²) in [6.45, 7) is 9.74. The van der Waals surface area contributed by atoms with Crippen LogP contribution in [0.4, 0.5) is 0 Å². The number of unbranched alkanes of at least 4 members (excludes halogenated alkanes) is 2. The van der Waals surface area contributed by atoms with Gasteiger partial charge in [0.1, 0.15) is 0 Å². The van der Waals surface area contributed by atoms with E-state index in [-0.39, 0.29) is 0 Å².